The first-order valence-electron chi connectivity index (χ1n) is 9.34. The van der Waals surface area contributed by atoms with E-state index in [4.69, 9.17) is 4.74 Å². The van der Waals surface area contributed by atoms with Crippen LogP contribution in [0.2, 0.25) is 0 Å². The van der Waals surface area contributed by atoms with Crippen LogP contribution in [0.4, 0.5) is 5.69 Å². The van der Waals surface area contributed by atoms with E-state index in [0.717, 1.165) is 12.6 Å². The minimum Gasteiger partial charge on any atom is -0.355 e. The first-order valence-corrected chi connectivity index (χ1v) is 9.34. The Morgan fingerprint density at radius 2 is 1.61 bits per heavy atom. The first-order chi connectivity index (χ1) is 10.9. The number of ether oxygens (including phenoxy) is 1. The van der Waals surface area contributed by atoms with E-state index in [9.17, 15) is 0 Å². The molecule has 0 unspecified atom stereocenters. The number of rotatable bonds is 2. The van der Waals surface area contributed by atoms with Crippen molar-refractivity contribution >= 4 is 5.69 Å². The second kappa shape index (κ2) is 6.47. The van der Waals surface area contributed by atoms with Gasteiger partial charge in [0.25, 0.3) is 0 Å². The third-order valence-electron chi connectivity index (χ3n) is 5.78. The Balaban J connectivity index is 1.98. The van der Waals surface area contributed by atoms with Crippen molar-refractivity contribution < 1.29 is 4.74 Å². The summed E-state index contributed by atoms with van der Waals surface area (Å²) in [5.41, 5.74) is 4.36. The average Bonchev–Trinajstić information content (AvgIpc) is 2.93. The molecule has 3 rings (SSSR count). The molecule has 0 radical (unpaired) electrons. The maximum atomic E-state index is 6.39. The first kappa shape index (κ1) is 16.8. The lowest BCUT2D eigenvalue weighted by molar-refractivity contribution is 0.00913. The van der Waals surface area contributed by atoms with Crippen molar-refractivity contribution in [3.8, 4) is 0 Å². The Bertz CT molecular complexity index is 519. The van der Waals surface area contributed by atoms with Crippen molar-refractivity contribution in [2.75, 3.05) is 11.6 Å². The van der Waals surface area contributed by atoms with E-state index in [-0.39, 0.29) is 5.41 Å². The molecule has 1 saturated heterocycles. The second-order valence-electron chi connectivity index (χ2n) is 8.68. The number of hydrogen-bond acceptors (Lipinski definition) is 2. The van der Waals surface area contributed by atoms with Gasteiger partial charge >= 0.3 is 0 Å². The standard InChI is InChI=1S/C21H33NO/c1-15-10-9-11-16(2)18(15)22-14-23-20(21(3,4)5)19(22)17-12-7-6-8-13-17/h9-11,17,19-20H,6-8,12-14H2,1-5H3/t19-,20-/m1/s1. The maximum Gasteiger partial charge on any atom is 0.119 e. The summed E-state index contributed by atoms with van der Waals surface area (Å²) in [6, 6.07) is 7.17. The predicted octanol–water partition coefficient (Wildman–Crippen LogP) is 5.46. The van der Waals surface area contributed by atoms with Crippen LogP contribution in [0, 0.1) is 25.2 Å². The van der Waals surface area contributed by atoms with Gasteiger partial charge in [-0.25, -0.2) is 0 Å². The summed E-state index contributed by atoms with van der Waals surface area (Å²) in [5, 5.41) is 0. The van der Waals surface area contributed by atoms with Crippen LogP contribution >= 0.6 is 0 Å². The van der Waals surface area contributed by atoms with Gasteiger partial charge in [-0.2, -0.15) is 0 Å². The smallest absolute Gasteiger partial charge is 0.119 e. The van der Waals surface area contributed by atoms with Crippen LogP contribution < -0.4 is 4.90 Å². The van der Waals surface area contributed by atoms with Crippen molar-refractivity contribution in [3.63, 3.8) is 0 Å². The van der Waals surface area contributed by atoms with Crippen LogP contribution in [0.5, 0.6) is 0 Å². The van der Waals surface area contributed by atoms with Gasteiger partial charge in [-0.1, -0.05) is 58.2 Å². The van der Waals surface area contributed by atoms with E-state index < -0.39 is 0 Å². The van der Waals surface area contributed by atoms with Gasteiger partial charge in [0.05, 0.1) is 12.1 Å². The Kier molecular flexibility index (Phi) is 4.73. The molecule has 1 saturated carbocycles. The van der Waals surface area contributed by atoms with Crippen LogP contribution in [0.3, 0.4) is 0 Å². The molecule has 0 aromatic heterocycles. The number of aryl methyl sites for hydroxylation is 2. The zero-order chi connectivity index (χ0) is 16.6. The predicted molar refractivity (Wildman–Crippen MR) is 98.0 cm³/mol. The lowest BCUT2D eigenvalue weighted by Crippen LogP contribution is -2.47. The fraction of sp³-hybridized carbons (Fsp3) is 0.714. The SMILES string of the molecule is Cc1cccc(C)c1N1CO[C@@H](C(C)(C)C)[C@H]1C1CCCCC1. The molecule has 0 amide bonds. The Morgan fingerprint density at radius 3 is 2.17 bits per heavy atom. The fourth-order valence-electron chi connectivity index (χ4n) is 4.72. The summed E-state index contributed by atoms with van der Waals surface area (Å²) in [6.45, 7) is 12.2. The Hall–Kier alpha value is -1.02. The highest BCUT2D eigenvalue weighted by atomic mass is 16.5. The van der Waals surface area contributed by atoms with Crippen molar-refractivity contribution in [1.29, 1.82) is 0 Å². The molecule has 1 aliphatic carbocycles. The van der Waals surface area contributed by atoms with Crippen molar-refractivity contribution in [3.05, 3.63) is 29.3 Å². The fourth-order valence-corrected chi connectivity index (χ4v) is 4.72. The Morgan fingerprint density at radius 1 is 1.00 bits per heavy atom. The molecular formula is C21H33NO. The van der Waals surface area contributed by atoms with Gasteiger partial charge in [-0.05, 0) is 49.1 Å². The van der Waals surface area contributed by atoms with E-state index in [0.29, 0.717) is 12.1 Å². The Labute approximate surface area is 142 Å². The third-order valence-corrected chi connectivity index (χ3v) is 5.78. The third kappa shape index (κ3) is 3.28. The van der Waals surface area contributed by atoms with Gasteiger partial charge < -0.3 is 9.64 Å². The lowest BCUT2D eigenvalue weighted by atomic mass is 9.74. The molecule has 1 aromatic carbocycles. The van der Waals surface area contributed by atoms with E-state index in [2.05, 4.69) is 57.7 Å². The molecule has 2 nitrogen and oxygen atoms in total. The maximum absolute atomic E-state index is 6.39. The van der Waals surface area contributed by atoms with Gasteiger partial charge in [-0.15, -0.1) is 0 Å². The highest BCUT2D eigenvalue weighted by Gasteiger charge is 2.46. The number of nitrogens with zero attached hydrogens (tertiary/aromatic N) is 1. The van der Waals surface area contributed by atoms with Gasteiger partial charge in [0, 0.05) is 5.69 Å². The van der Waals surface area contributed by atoms with Gasteiger partial charge in [0.1, 0.15) is 6.73 Å². The summed E-state index contributed by atoms with van der Waals surface area (Å²) in [7, 11) is 0. The van der Waals surface area contributed by atoms with E-state index in [1.165, 1.54) is 48.9 Å². The highest BCUT2D eigenvalue weighted by Crippen LogP contribution is 2.43. The molecule has 0 spiro atoms. The topological polar surface area (TPSA) is 12.5 Å². The summed E-state index contributed by atoms with van der Waals surface area (Å²) >= 11 is 0. The zero-order valence-electron chi connectivity index (χ0n) is 15.6. The van der Waals surface area contributed by atoms with Crippen LogP contribution in [-0.2, 0) is 4.74 Å². The summed E-state index contributed by atoms with van der Waals surface area (Å²) in [4.78, 5) is 2.59. The van der Waals surface area contributed by atoms with Crippen molar-refractivity contribution in [1.82, 2.24) is 0 Å². The number of hydrogen-bond donors (Lipinski definition) is 0. The molecule has 2 atom stereocenters. The van der Waals surface area contributed by atoms with E-state index in [1.807, 2.05) is 0 Å². The second-order valence-corrected chi connectivity index (χ2v) is 8.68. The molecule has 1 heterocycles. The monoisotopic (exact) mass is 315 g/mol. The minimum atomic E-state index is 0.188. The number of benzene rings is 1. The largest absolute Gasteiger partial charge is 0.355 e. The number of anilines is 1. The summed E-state index contributed by atoms with van der Waals surface area (Å²) < 4.78 is 6.39. The van der Waals surface area contributed by atoms with Gasteiger partial charge in [0.15, 0.2) is 0 Å². The molecule has 2 aliphatic rings. The molecular weight excluding hydrogens is 282 g/mol. The molecule has 0 N–H and O–H groups in total. The average molecular weight is 316 g/mol. The van der Waals surface area contributed by atoms with Crippen LogP contribution in [0.15, 0.2) is 18.2 Å². The van der Waals surface area contributed by atoms with Gasteiger partial charge in [-0.3, -0.25) is 0 Å². The molecule has 23 heavy (non-hydrogen) atoms. The molecule has 1 aromatic rings. The van der Waals surface area contributed by atoms with Crippen LogP contribution in [0.25, 0.3) is 0 Å². The highest BCUT2D eigenvalue weighted by molar-refractivity contribution is 5.60. The van der Waals surface area contributed by atoms with Crippen LogP contribution in [0.1, 0.15) is 64.0 Å². The van der Waals surface area contributed by atoms with Gasteiger partial charge in [0.2, 0.25) is 0 Å². The summed E-state index contributed by atoms with van der Waals surface area (Å²) in [5.74, 6) is 0.773. The van der Waals surface area contributed by atoms with Crippen molar-refractivity contribution in [2.45, 2.75) is 78.9 Å². The van der Waals surface area contributed by atoms with Crippen LogP contribution in [-0.4, -0.2) is 18.9 Å². The lowest BCUT2D eigenvalue weighted by Gasteiger charge is -2.41. The molecule has 2 heteroatoms. The van der Waals surface area contributed by atoms with E-state index in [1.54, 1.807) is 0 Å². The molecule has 1 aliphatic heterocycles. The molecule has 2 fully saturated rings. The van der Waals surface area contributed by atoms with E-state index >= 15 is 0 Å². The number of para-hydroxylation sites is 1. The molecule has 128 valence electrons. The summed E-state index contributed by atoms with van der Waals surface area (Å²) in [6.07, 6.45) is 7.24. The normalized spacial score (nSPS) is 26.7. The van der Waals surface area contributed by atoms with Crippen molar-refractivity contribution in [2.24, 2.45) is 11.3 Å². The molecule has 0 bridgehead atoms. The minimum absolute atomic E-state index is 0.188. The quantitative estimate of drug-likeness (QED) is 0.718. The zero-order valence-corrected chi connectivity index (χ0v) is 15.6.